The van der Waals surface area contributed by atoms with E-state index in [9.17, 15) is 9.59 Å². The molecule has 2 aromatic rings. The van der Waals surface area contributed by atoms with Crippen LogP contribution in [0.4, 0.5) is 0 Å². The van der Waals surface area contributed by atoms with Crippen LogP contribution in [0, 0.1) is 6.92 Å². The fourth-order valence-electron chi connectivity index (χ4n) is 3.50. The fourth-order valence-corrected chi connectivity index (χ4v) is 4.31. The first-order valence-electron chi connectivity index (χ1n) is 9.08. The van der Waals surface area contributed by atoms with Gasteiger partial charge in [0.25, 0.3) is 5.91 Å². The Hall–Kier alpha value is -2.32. The van der Waals surface area contributed by atoms with Gasteiger partial charge in [-0.25, -0.2) is 0 Å². The van der Waals surface area contributed by atoms with E-state index in [0.29, 0.717) is 23.1 Å². The summed E-state index contributed by atoms with van der Waals surface area (Å²) in [7, 11) is 1.88. The van der Waals surface area contributed by atoms with Gasteiger partial charge in [-0.1, -0.05) is 54.0 Å². The molecular weight excluding hydrogens is 362 g/mol. The number of nitrogens with zero attached hydrogens (tertiary/aromatic N) is 3. The second-order valence-corrected chi connectivity index (χ2v) is 8.19. The summed E-state index contributed by atoms with van der Waals surface area (Å²) in [4.78, 5) is 26.3. The molecule has 8 heteroatoms. The summed E-state index contributed by atoms with van der Waals surface area (Å²) in [6.07, 6.45) is 3.52. The zero-order valence-corrected chi connectivity index (χ0v) is 16.5. The van der Waals surface area contributed by atoms with Gasteiger partial charge in [-0.15, -0.1) is 10.2 Å². The zero-order chi connectivity index (χ0) is 19.4. The first-order valence-corrected chi connectivity index (χ1v) is 9.90. The van der Waals surface area contributed by atoms with Crippen LogP contribution in [0.3, 0.4) is 0 Å². The van der Waals surface area contributed by atoms with E-state index in [1.54, 1.807) is 0 Å². The first-order chi connectivity index (χ1) is 12.9. The van der Waals surface area contributed by atoms with Crippen molar-refractivity contribution in [2.24, 2.45) is 5.73 Å². The molecule has 1 fully saturated rings. The van der Waals surface area contributed by atoms with Gasteiger partial charge in [0.1, 0.15) is 10.5 Å². The monoisotopic (exact) mass is 387 g/mol. The Morgan fingerprint density at radius 3 is 2.52 bits per heavy atom. The molecule has 3 rings (SSSR count). The minimum absolute atomic E-state index is 0.243. The summed E-state index contributed by atoms with van der Waals surface area (Å²) in [6.45, 7) is 2.92. The van der Waals surface area contributed by atoms with Crippen LogP contribution in [0.2, 0.25) is 0 Å². The van der Waals surface area contributed by atoms with Crippen LogP contribution in [0.15, 0.2) is 24.3 Å². The molecule has 3 N–H and O–H groups in total. The number of carbonyl (C=O) groups excluding carboxylic acids is 2. The normalized spacial score (nSPS) is 15.8. The van der Waals surface area contributed by atoms with E-state index in [2.05, 4.69) is 15.5 Å². The highest BCUT2D eigenvalue weighted by molar-refractivity contribution is 7.13. The maximum atomic E-state index is 12.3. The fraction of sp³-hybridized carbons (Fsp3) is 0.474. The summed E-state index contributed by atoms with van der Waals surface area (Å²) in [5, 5.41) is 12.0. The van der Waals surface area contributed by atoms with E-state index in [1.807, 2.05) is 43.1 Å². The number of hydrogen-bond donors (Lipinski definition) is 2. The lowest BCUT2D eigenvalue weighted by molar-refractivity contribution is -0.129. The lowest BCUT2D eigenvalue weighted by Gasteiger charge is -2.35. The number of rotatable bonds is 7. The molecule has 0 radical (unpaired) electrons. The van der Waals surface area contributed by atoms with E-state index < -0.39 is 5.54 Å². The van der Waals surface area contributed by atoms with Crippen molar-refractivity contribution in [3.05, 3.63) is 45.4 Å². The summed E-state index contributed by atoms with van der Waals surface area (Å²) in [5.41, 5.74) is 7.27. The Kier molecular flexibility index (Phi) is 5.86. The van der Waals surface area contributed by atoms with Crippen LogP contribution >= 0.6 is 11.3 Å². The maximum Gasteiger partial charge on any atom is 0.282 e. The van der Waals surface area contributed by atoms with Crippen molar-refractivity contribution in [3.63, 3.8) is 0 Å². The summed E-state index contributed by atoms with van der Waals surface area (Å²) < 4.78 is 0. The molecule has 0 unspecified atom stereocenters. The quantitative estimate of drug-likeness (QED) is 0.757. The number of hydrogen-bond acceptors (Lipinski definition) is 6. The molecule has 1 aromatic carbocycles. The van der Waals surface area contributed by atoms with Crippen LogP contribution < -0.4 is 11.1 Å². The van der Waals surface area contributed by atoms with E-state index in [-0.39, 0.29) is 11.8 Å². The summed E-state index contributed by atoms with van der Waals surface area (Å²) in [5.74, 6) is -0.532. The van der Waals surface area contributed by atoms with Crippen LogP contribution in [0.1, 0.15) is 51.6 Å². The first kappa shape index (κ1) is 19.4. The number of aromatic nitrogens is 2. The molecule has 1 aliphatic rings. The number of nitrogens with one attached hydrogen (secondary N) is 1. The Morgan fingerprint density at radius 2 is 1.89 bits per heavy atom. The Labute approximate surface area is 163 Å². The number of nitrogens with two attached hydrogens (primary N) is 1. The summed E-state index contributed by atoms with van der Waals surface area (Å²) in [6, 6.07) is 8.00. The Morgan fingerprint density at radius 1 is 1.22 bits per heavy atom. The van der Waals surface area contributed by atoms with Crippen LogP contribution in [-0.4, -0.2) is 39.5 Å². The van der Waals surface area contributed by atoms with Gasteiger partial charge in [0.05, 0.1) is 6.54 Å². The van der Waals surface area contributed by atoms with E-state index >= 15 is 0 Å². The minimum Gasteiger partial charge on any atom is -0.368 e. The highest BCUT2D eigenvalue weighted by Gasteiger charge is 2.43. The largest absolute Gasteiger partial charge is 0.368 e. The predicted octanol–water partition coefficient (Wildman–Crippen LogP) is 2.01. The number of likely N-dealkylation sites (N-methyl/N-ethyl adjacent to an activating group) is 1. The average molecular weight is 388 g/mol. The van der Waals surface area contributed by atoms with Crippen molar-refractivity contribution in [1.82, 2.24) is 20.4 Å². The highest BCUT2D eigenvalue weighted by Crippen LogP contribution is 2.35. The molecule has 1 saturated carbocycles. The van der Waals surface area contributed by atoms with E-state index in [1.165, 1.54) is 16.9 Å². The SMILES string of the molecule is Cc1ccc(CNC(=O)c2nnc(CN(C)C3(C(N)=O)CCCC3)s2)cc1. The van der Waals surface area contributed by atoms with Crippen molar-refractivity contribution in [1.29, 1.82) is 0 Å². The van der Waals surface area contributed by atoms with Gasteiger partial charge in [-0.05, 0) is 32.4 Å². The van der Waals surface area contributed by atoms with Gasteiger partial charge in [0.2, 0.25) is 10.9 Å². The van der Waals surface area contributed by atoms with Crippen molar-refractivity contribution >= 4 is 23.2 Å². The van der Waals surface area contributed by atoms with Crippen molar-refractivity contribution in [2.75, 3.05) is 7.05 Å². The lowest BCUT2D eigenvalue weighted by atomic mass is 9.95. The zero-order valence-electron chi connectivity index (χ0n) is 15.7. The Balaban J connectivity index is 1.59. The topological polar surface area (TPSA) is 101 Å². The van der Waals surface area contributed by atoms with Crippen molar-refractivity contribution in [3.8, 4) is 0 Å². The molecule has 0 saturated heterocycles. The second kappa shape index (κ2) is 8.14. The molecule has 1 aromatic heterocycles. The molecule has 27 heavy (non-hydrogen) atoms. The number of carbonyl (C=O) groups is 2. The highest BCUT2D eigenvalue weighted by atomic mass is 32.1. The Bertz CT molecular complexity index is 812. The molecular formula is C19H25N5O2S. The van der Waals surface area contributed by atoms with Gasteiger partial charge >= 0.3 is 0 Å². The van der Waals surface area contributed by atoms with Gasteiger partial charge in [0.15, 0.2) is 0 Å². The lowest BCUT2D eigenvalue weighted by Crippen LogP contribution is -2.53. The van der Waals surface area contributed by atoms with Gasteiger partial charge in [-0.2, -0.15) is 0 Å². The van der Waals surface area contributed by atoms with Crippen LogP contribution in [0.25, 0.3) is 0 Å². The van der Waals surface area contributed by atoms with Gasteiger partial charge < -0.3 is 11.1 Å². The number of benzene rings is 1. The molecule has 0 spiro atoms. The summed E-state index contributed by atoms with van der Waals surface area (Å²) >= 11 is 1.25. The molecule has 144 valence electrons. The third-order valence-corrected chi connectivity index (χ3v) is 6.13. The molecule has 0 bridgehead atoms. The molecule has 0 aliphatic heterocycles. The van der Waals surface area contributed by atoms with Gasteiger partial charge in [-0.3, -0.25) is 14.5 Å². The minimum atomic E-state index is -0.612. The third kappa shape index (κ3) is 4.33. The third-order valence-electron chi connectivity index (χ3n) is 5.23. The number of aryl methyl sites for hydroxylation is 1. The van der Waals surface area contributed by atoms with Crippen molar-refractivity contribution < 1.29 is 9.59 Å². The van der Waals surface area contributed by atoms with Crippen LogP contribution in [0.5, 0.6) is 0 Å². The van der Waals surface area contributed by atoms with Gasteiger partial charge in [0, 0.05) is 6.54 Å². The molecule has 1 aliphatic carbocycles. The number of primary amides is 1. The standard InChI is InChI=1S/C19H25N5O2S/c1-13-5-7-14(8-6-13)11-21-16(25)17-23-22-15(27-17)12-24(2)19(18(20)26)9-3-4-10-19/h5-8H,3-4,9-12H2,1-2H3,(H2,20,26)(H,21,25). The van der Waals surface area contributed by atoms with Crippen molar-refractivity contribution in [2.45, 2.75) is 51.2 Å². The molecule has 0 atom stereocenters. The average Bonchev–Trinajstić information content (AvgIpc) is 3.31. The predicted molar refractivity (Wildman–Crippen MR) is 104 cm³/mol. The maximum absolute atomic E-state index is 12.3. The number of amides is 2. The smallest absolute Gasteiger partial charge is 0.282 e. The van der Waals surface area contributed by atoms with E-state index in [4.69, 9.17) is 5.73 Å². The molecule has 1 heterocycles. The van der Waals surface area contributed by atoms with E-state index in [0.717, 1.165) is 31.2 Å². The van der Waals surface area contributed by atoms with Crippen LogP contribution in [-0.2, 0) is 17.9 Å². The molecule has 2 amide bonds. The second-order valence-electron chi connectivity index (χ2n) is 7.13. The molecule has 7 nitrogen and oxygen atoms in total.